The van der Waals surface area contributed by atoms with Gasteiger partial charge in [-0.25, -0.2) is 0 Å². The van der Waals surface area contributed by atoms with E-state index in [0.717, 1.165) is 28.8 Å². The van der Waals surface area contributed by atoms with Crippen molar-refractivity contribution in [1.82, 2.24) is 15.2 Å². The van der Waals surface area contributed by atoms with Gasteiger partial charge in [0, 0.05) is 48.0 Å². The van der Waals surface area contributed by atoms with Crippen LogP contribution in [0.2, 0.25) is 0 Å². The van der Waals surface area contributed by atoms with Crippen LogP contribution in [0.25, 0.3) is 0 Å². The van der Waals surface area contributed by atoms with Crippen molar-refractivity contribution < 1.29 is 9.59 Å². The summed E-state index contributed by atoms with van der Waals surface area (Å²) in [5.74, 6) is 0.00519. The largest absolute Gasteiger partial charge is 0.348 e. The zero-order valence-electron chi connectivity index (χ0n) is 15.3. The Kier molecular flexibility index (Phi) is 5.52. The lowest BCUT2D eigenvalue weighted by molar-refractivity contribution is -0.128. The Labute approximate surface area is 157 Å². The molecule has 26 heavy (non-hydrogen) atoms. The van der Waals surface area contributed by atoms with Crippen LogP contribution in [-0.4, -0.2) is 28.2 Å². The molecule has 2 aromatic heterocycles. The molecule has 136 valence electrons. The summed E-state index contributed by atoms with van der Waals surface area (Å²) < 4.78 is 0. The van der Waals surface area contributed by atoms with Crippen LogP contribution in [0.4, 0.5) is 0 Å². The van der Waals surface area contributed by atoms with Crippen molar-refractivity contribution in [1.29, 1.82) is 0 Å². The smallest absolute Gasteiger partial charge is 0.252 e. The fourth-order valence-corrected chi connectivity index (χ4v) is 3.80. The Morgan fingerprint density at radius 1 is 1.42 bits per heavy atom. The van der Waals surface area contributed by atoms with Crippen molar-refractivity contribution in [2.24, 2.45) is 0 Å². The van der Waals surface area contributed by atoms with Crippen LogP contribution in [0.5, 0.6) is 0 Å². The molecule has 3 heterocycles. The van der Waals surface area contributed by atoms with Gasteiger partial charge in [-0.3, -0.25) is 14.6 Å². The third-order valence-electron chi connectivity index (χ3n) is 4.86. The Morgan fingerprint density at radius 3 is 2.92 bits per heavy atom. The van der Waals surface area contributed by atoms with E-state index in [9.17, 15) is 9.59 Å². The van der Waals surface area contributed by atoms with Crippen molar-refractivity contribution in [2.75, 3.05) is 6.54 Å². The molecule has 0 unspecified atom stereocenters. The molecule has 0 radical (unpaired) electrons. The molecule has 2 amide bonds. The highest BCUT2D eigenvalue weighted by molar-refractivity contribution is 7.08. The first kappa shape index (κ1) is 18.3. The second-order valence-electron chi connectivity index (χ2n) is 6.47. The number of hydrogen-bond acceptors (Lipinski definition) is 4. The molecule has 6 heteroatoms. The van der Waals surface area contributed by atoms with E-state index >= 15 is 0 Å². The predicted octanol–water partition coefficient (Wildman–Crippen LogP) is 3.23. The lowest BCUT2D eigenvalue weighted by atomic mass is 9.94. The molecule has 2 aromatic rings. The third kappa shape index (κ3) is 3.70. The van der Waals surface area contributed by atoms with Crippen LogP contribution in [-0.2, 0) is 24.3 Å². The Morgan fingerprint density at radius 2 is 2.23 bits per heavy atom. The van der Waals surface area contributed by atoms with E-state index in [1.807, 2.05) is 54.8 Å². The summed E-state index contributed by atoms with van der Waals surface area (Å²) in [6.07, 6.45) is 4.49. The third-order valence-corrected chi connectivity index (χ3v) is 5.55. The van der Waals surface area contributed by atoms with Gasteiger partial charge in [-0.15, -0.1) is 0 Å². The van der Waals surface area contributed by atoms with Gasteiger partial charge < -0.3 is 10.2 Å². The minimum atomic E-state index is -0.0698. The number of aryl methyl sites for hydroxylation is 1. The molecule has 0 saturated carbocycles. The second-order valence-corrected chi connectivity index (χ2v) is 7.25. The average molecular weight is 369 g/mol. The molecule has 0 saturated heterocycles. The van der Waals surface area contributed by atoms with Crippen LogP contribution in [0.1, 0.15) is 46.6 Å². The zero-order chi connectivity index (χ0) is 18.7. The summed E-state index contributed by atoms with van der Waals surface area (Å²) in [6, 6.07) is 1.82. The summed E-state index contributed by atoms with van der Waals surface area (Å²) in [5.41, 5.74) is 5.73. The Hall–Kier alpha value is -2.47. The summed E-state index contributed by atoms with van der Waals surface area (Å²) in [6.45, 7) is 7.40. The van der Waals surface area contributed by atoms with Crippen molar-refractivity contribution >= 4 is 23.2 Å². The van der Waals surface area contributed by atoms with E-state index in [4.69, 9.17) is 0 Å². The lowest BCUT2D eigenvalue weighted by Crippen LogP contribution is -2.37. The number of fused-ring (bicyclic) bond motifs is 1. The van der Waals surface area contributed by atoms with Gasteiger partial charge in [0.15, 0.2) is 0 Å². The number of rotatable bonds is 4. The SMILES string of the molecule is C/C=C(\C)C(=O)N1CCc2c(cnc(C)c2CNC(=O)c2ccsc2)C1. The van der Waals surface area contributed by atoms with Crippen LogP contribution in [0, 0.1) is 6.92 Å². The number of carbonyl (C=O) groups is 2. The van der Waals surface area contributed by atoms with Crippen LogP contribution in [0.15, 0.2) is 34.7 Å². The van der Waals surface area contributed by atoms with Crippen molar-refractivity contribution in [2.45, 2.75) is 40.3 Å². The van der Waals surface area contributed by atoms with E-state index in [2.05, 4.69) is 10.3 Å². The van der Waals surface area contributed by atoms with Crippen LogP contribution in [0.3, 0.4) is 0 Å². The average Bonchev–Trinajstić information content (AvgIpc) is 3.20. The molecule has 3 rings (SSSR count). The highest BCUT2D eigenvalue weighted by atomic mass is 32.1. The number of nitrogens with zero attached hydrogens (tertiary/aromatic N) is 2. The second kappa shape index (κ2) is 7.83. The Bertz CT molecular complexity index is 856. The standard InChI is InChI=1S/C20H23N3O2S/c1-4-13(2)20(25)23-7-5-17-16(11-23)9-21-14(3)18(17)10-22-19(24)15-6-8-26-12-15/h4,6,8-9,12H,5,7,10-11H2,1-3H3,(H,22,24)/b13-4+. The molecule has 0 atom stereocenters. The molecule has 0 bridgehead atoms. The molecular formula is C20H23N3O2S. The minimum Gasteiger partial charge on any atom is -0.348 e. The van der Waals surface area contributed by atoms with E-state index in [0.29, 0.717) is 25.2 Å². The fourth-order valence-electron chi connectivity index (χ4n) is 3.17. The van der Waals surface area contributed by atoms with Gasteiger partial charge in [-0.05, 0) is 55.3 Å². The molecule has 5 nitrogen and oxygen atoms in total. The van der Waals surface area contributed by atoms with Crippen molar-refractivity contribution in [3.8, 4) is 0 Å². The number of pyridine rings is 1. The quantitative estimate of drug-likeness (QED) is 0.842. The molecular weight excluding hydrogens is 346 g/mol. The number of allylic oxidation sites excluding steroid dienone is 1. The summed E-state index contributed by atoms with van der Waals surface area (Å²) in [5, 5.41) is 6.73. The number of hydrogen-bond donors (Lipinski definition) is 1. The number of nitrogens with one attached hydrogen (secondary N) is 1. The molecule has 0 aromatic carbocycles. The lowest BCUT2D eigenvalue weighted by Gasteiger charge is -2.30. The summed E-state index contributed by atoms with van der Waals surface area (Å²) >= 11 is 1.51. The van der Waals surface area contributed by atoms with E-state index in [-0.39, 0.29) is 11.8 Å². The predicted molar refractivity (Wildman–Crippen MR) is 103 cm³/mol. The first-order chi connectivity index (χ1) is 12.5. The molecule has 0 spiro atoms. The highest BCUT2D eigenvalue weighted by Crippen LogP contribution is 2.25. The van der Waals surface area contributed by atoms with E-state index in [1.165, 1.54) is 16.9 Å². The number of aromatic nitrogens is 1. The maximum atomic E-state index is 12.4. The van der Waals surface area contributed by atoms with Crippen molar-refractivity contribution in [3.63, 3.8) is 0 Å². The number of carbonyl (C=O) groups excluding carboxylic acids is 2. The first-order valence-corrected chi connectivity index (χ1v) is 9.64. The van der Waals surface area contributed by atoms with Crippen LogP contribution < -0.4 is 5.32 Å². The van der Waals surface area contributed by atoms with Gasteiger partial charge in [0.2, 0.25) is 5.91 Å². The fraction of sp³-hybridized carbons (Fsp3) is 0.350. The normalized spacial score (nSPS) is 14.1. The van der Waals surface area contributed by atoms with Gasteiger partial charge in [-0.1, -0.05) is 6.08 Å². The summed E-state index contributed by atoms with van der Waals surface area (Å²) in [7, 11) is 0. The molecule has 1 aliphatic rings. The molecule has 0 fully saturated rings. The number of thiophene rings is 1. The topological polar surface area (TPSA) is 62.3 Å². The van der Waals surface area contributed by atoms with Gasteiger partial charge in [0.25, 0.3) is 5.91 Å². The molecule has 1 aliphatic heterocycles. The van der Waals surface area contributed by atoms with E-state index in [1.54, 1.807) is 0 Å². The first-order valence-electron chi connectivity index (χ1n) is 8.70. The van der Waals surface area contributed by atoms with Crippen molar-refractivity contribution in [3.05, 3.63) is 62.6 Å². The minimum absolute atomic E-state index is 0.0698. The maximum absolute atomic E-state index is 12.4. The summed E-state index contributed by atoms with van der Waals surface area (Å²) in [4.78, 5) is 31.0. The monoisotopic (exact) mass is 369 g/mol. The van der Waals surface area contributed by atoms with Gasteiger partial charge >= 0.3 is 0 Å². The van der Waals surface area contributed by atoms with E-state index < -0.39 is 0 Å². The highest BCUT2D eigenvalue weighted by Gasteiger charge is 2.24. The van der Waals surface area contributed by atoms with Gasteiger partial charge in [0.1, 0.15) is 0 Å². The van der Waals surface area contributed by atoms with Gasteiger partial charge in [-0.2, -0.15) is 11.3 Å². The molecule has 1 N–H and O–H groups in total. The Balaban J connectivity index is 1.77. The zero-order valence-corrected chi connectivity index (χ0v) is 16.2. The van der Waals surface area contributed by atoms with Gasteiger partial charge in [0.05, 0.1) is 0 Å². The number of amides is 2. The van der Waals surface area contributed by atoms with Crippen LogP contribution >= 0.6 is 11.3 Å². The maximum Gasteiger partial charge on any atom is 0.252 e. The molecule has 0 aliphatic carbocycles.